The molecule has 1 saturated carbocycles. The number of carboxylic acid groups (broad SMARTS) is 1. The van der Waals surface area contributed by atoms with E-state index in [-0.39, 0.29) is 17.7 Å². The number of halogens is 1. The number of carbonyl (C=O) groups excluding carboxylic acids is 1. The molecule has 4 nitrogen and oxygen atoms in total. The fourth-order valence-electron chi connectivity index (χ4n) is 3.07. The van der Waals surface area contributed by atoms with Gasteiger partial charge in [0.15, 0.2) is 0 Å². The molecular formula is C15H16BrNO3. The lowest BCUT2D eigenvalue weighted by Crippen LogP contribution is -2.41. The first-order valence-corrected chi connectivity index (χ1v) is 7.66. The molecule has 1 aliphatic carbocycles. The van der Waals surface area contributed by atoms with E-state index >= 15 is 0 Å². The minimum absolute atomic E-state index is 0.0138. The molecular weight excluding hydrogens is 322 g/mol. The average Bonchev–Trinajstić information content (AvgIpc) is 3.06. The van der Waals surface area contributed by atoms with Crippen LogP contribution in [0.1, 0.15) is 30.7 Å². The van der Waals surface area contributed by atoms with Crippen LogP contribution in [0, 0.1) is 5.92 Å². The van der Waals surface area contributed by atoms with Crippen LogP contribution in [0.4, 0.5) is 0 Å². The molecule has 1 saturated heterocycles. The molecule has 3 rings (SSSR count). The first-order valence-electron chi connectivity index (χ1n) is 6.86. The van der Waals surface area contributed by atoms with Gasteiger partial charge in [-0.2, -0.15) is 0 Å². The van der Waals surface area contributed by atoms with Crippen molar-refractivity contribution in [2.24, 2.45) is 5.92 Å². The highest BCUT2D eigenvalue weighted by atomic mass is 79.9. The number of benzene rings is 1. The van der Waals surface area contributed by atoms with Gasteiger partial charge in [0.1, 0.15) is 6.04 Å². The molecule has 2 aliphatic rings. The molecule has 1 aromatic carbocycles. The van der Waals surface area contributed by atoms with Crippen molar-refractivity contribution in [3.05, 3.63) is 34.3 Å². The van der Waals surface area contributed by atoms with Crippen molar-refractivity contribution in [2.75, 3.05) is 6.54 Å². The first-order chi connectivity index (χ1) is 9.58. The van der Waals surface area contributed by atoms with Crippen LogP contribution in [-0.4, -0.2) is 34.5 Å². The van der Waals surface area contributed by atoms with Crippen molar-refractivity contribution in [1.29, 1.82) is 0 Å². The smallest absolute Gasteiger partial charge is 0.326 e. The van der Waals surface area contributed by atoms with Crippen molar-refractivity contribution < 1.29 is 14.7 Å². The maximum atomic E-state index is 12.4. The minimum atomic E-state index is -0.879. The highest BCUT2D eigenvalue weighted by Gasteiger charge is 2.48. The molecule has 1 aliphatic heterocycles. The lowest BCUT2D eigenvalue weighted by molar-refractivity contribution is -0.148. The quantitative estimate of drug-likeness (QED) is 0.922. The first kappa shape index (κ1) is 13.6. The van der Waals surface area contributed by atoms with Gasteiger partial charge in [-0.05, 0) is 42.9 Å². The average molecular weight is 338 g/mol. The van der Waals surface area contributed by atoms with Crippen molar-refractivity contribution >= 4 is 27.8 Å². The summed E-state index contributed by atoms with van der Waals surface area (Å²) in [6.07, 6.45) is 2.20. The largest absolute Gasteiger partial charge is 0.480 e. The molecule has 2 fully saturated rings. The molecule has 0 bridgehead atoms. The molecule has 0 radical (unpaired) electrons. The van der Waals surface area contributed by atoms with Crippen molar-refractivity contribution in [3.8, 4) is 0 Å². The zero-order chi connectivity index (χ0) is 14.3. The molecule has 0 spiro atoms. The van der Waals surface area contributed by atoms with E-state index in [0.717, 1.165) is 22.9 Å². The summed E-state index contributed by atoms with van der Waals surface area (Å²) < 4.78 is 1.01. The van der Waals surface area contributed by atoms with Crippen LogP contribution in [0.15, 0.2) is 28.7 Å². The van der Waals surface area contributed by atoms with E-state index in [2.05, 4.69) is 15.9 Å². The highest BCUT2D eigenvalue weighted by molar-refractivity contribution is 9.10. The number of likely N-dealkylation sites (tertiary alicyclic amines) is 1. The van der Waals surface area contributed by atoms with E-state index in [1.165, 1.54) is 0 Å². The van der Waals surface area contributed by atoms with E-state index in [9.17, 15) is 9.59 Å². The summed E-state index contributed by atoms with van der Waals surface area (Å²) in [5.74, 6) is -0.658. The SMILES string of the molecule is O=C(O)[C@H]1CCCN1C(=O)C1CC1c1cccc(Br)c1. The summed E-state index contributed by atoms with van der Waals surface area (Å²) in [7, 11) is 0. The molecule has 106 valence electrons. The van der Waals surface area contributed by atoms with E-state index in [1.54, 1.807) is 4.90 Å². The van der Waals surface area contributed by atoms with Gasteiger partial charge >= 0.3 is 5.97 Å². The Balaban J connectivity index is 1.70. The molecule has 0 aromatic heterocycles. The van der Waals surface area contributed by atoms with Gasteiger partial charge < -0.3 is 10.0 Å². The van der Waals surface area contributed by atoms with Gasteiger partial charge in [-0.1, -0.05) is 28.1 Å². The predicted octanol–water partition coefficient (Wildman–Crippen LogP) is 2.63. The minimum Gasteiger partial charge on any atom is -0.480 e. The second-order valence-electron chi connectivity index (χ2n) is 5.53. The number of nitrogens with zero attached hydrogens (tertiary/aromatic N) is 1. The number of rotatable bonds is 3. The molecule has 1 aromatic rings. The maximum absolute atomic E-state index is 12.4. The van der Waals surface area contributed by atoms with Crippen LogP contribution >= 0.6 is 15.9 Å². The molecule has 3 atom stereocenters. The topological polar surface area (TPSA) is 57.6 Å². The number of hydrogen-bond donors (Lipinski definition) is 1. The second kappa shape index (κ2) is 5.20. The third-order valence-corrected chi connectivity index (χ3v) is 4.70. The van der Waals surface area contributed by atoms with Crippen LogP contribution in [0.25, 0.3) is 0 Å². The Labute approximate surface area is 125 Å². The Morgan fingerprint density at radius 2 is 2.15 bits per heavy atom. The number of carbonyl (C=O) groups is 2. The van der Waals surface area contributed by atoms with Gasteiger partial charge in [0.05, 0.1) is 0 Å². The van der Waals surface area contributed by atoms with Crippen LogP contribution in [0.3, 0.4) is 0 Å². The van der Waals surface area contributed by atoms with Crippen molar-refractivity contribution in [3.63, 3.8) is 0 Å². The molecule has 1 N–H and O–H groups in total. The summed E-state index contributed by atoms with van der Waals surface area (Å²) in [6.45, 7) is 0.581. The van der Waals surface area contributed by atoms with E-state index in [0.29, 0.717) is 13.0 Å². The van der Waals surface area contributed by atoms with Gasteiger partial charge in [0.2, 0.25) is 5.91 Å². The predicted molar refractivity (Wildman–Crippen MR) is 77.4 cm³/mol. The van der Waals surface area contributed by atoms with Crippen LogP contribution in [0.5, 0.6) is 0 Å². The standard InChI is InChI=1S/C15H16BrNO3/c16-10-4-1-3-9(7-10)11-8-12(11)14(18)17-6-2-5-13(17)15(19)20/h1,3-4,7,11-13H,2,5-6,8H2,(H,19,20)/t11?,12?,13-/m1/s1. The summed E-state index contributed by atoms with van der Waals surface area (Å²) in [5, 5.41) is 9.15. The third-order valence-electron chi connectivity index (χ3n) is 4.21. The summed E-state index contributed by atoms with van der Waals surface area (Å²) in [5.41, 5.74) is 1.16. The monoisotopic (exact) mass is 337 g/mol. The lowest BCUT2D eigenvalue weighted by Gasteiger charge is -2.21. The third kappa shape index (κ3) is 2.46. The van der Waals surface area contributed by atoms with Gasteiger partial charge in [-0.3, -0.25) is 4.79 Å². The van der Waals surface area contributed by atoms with E-state index < -0.39 is 12.0 Å². The fourth-order valence-corrected chi connectivity index (χ4v) is 3.49. The maximum Gasteiger partial charge on any atom is 0.326 e. The van der Waals surface area contributed by atoms with Crippen molar-refractivity contribution in [2.45, 2.75) is 31.2 Å². The van der Waals surface area contributed by atoms with E-state index in [4.69, 9.17) is 5.11 Å². The van der Waals surface area contributed by atoms with Crippen LogP contribution < -0.4 is 0 Å². The number of hydrogen-bond acceptors (Lipinski definition) is 2. The van der Waals surface area contributed by atoms with Gasteiger partial charge in [0.25, 0.3) is 0 Å². The summed E-state index contributed by atoms with van der Waals surface area (Å²) >= 11 is 3.44. The second-order valence-corrected chi connectivity index (χ2v) is 6.45. The van der Waals surface area contributed by atoms with Gasteiger partial charge in [0, 0.05) is 16.9 Å². The summed E-state index contributed by atoms with van der Waals surface area (Å²) in [6, 6.07) is 7.38. The Hall–Kier alpha value is -1.36. The van der Waals surface area contributed by atoms with E-state index in [1.807, 2.05) is 24.3 Å². The Bertz CT molecular complexity index is 560. The van der Waals surface area contributed by atoms with Crippen LogP contribution in [0.2, 0.25) is 0 Å². The normalized spacial score (nSPS) is 28.4. The van der Waals surface area contributed by atoms with Crippen LogP contribution in [-0.2, 0) is 9.59 Å². The zero-order valence-electron chi connectivity index (χ0n) is 11.0. The number of aliphatic carboxylic acids is 1. The highest BCUT2D eigenvalue weighted by Crippen LogP contribution is 2.49. The Morgan fingerprint density at radius 3 is 2.85 bits per heavy atom. The van der Waals surface area contributed by atoms with Crippen molar-refractivity contribution in [1.82, 2.24) is 4.90 Å². The molecule has 1 heterocycles. The number of amides is 1. The summed E-state index contributed by atoms with van der Waals surface area (Å²) in [4.78, 5) is 25.2. The Kier molecular flexibility index (Phi) is 3.54. The number of carboxylic acids is 1. The molecule has 2 unspecified atom stereocenters. The Morgan fingerprint density at radius 1 is 1.35 bits per heavy atom. The fraction of sp³-hybridized carbons (Fsp3) is 0.467. The van der Waals surface area contributed by atoms with Gasteiger partial charge in [-0.25, -0.2) is 4.79 Å². The lowest BCUT2D eigenvalue weighted by atomic mass is 10.1. The van der Waals surface area contributed by atoms with Gasteiger partial charge in [-0.15, -0.1) is 0 Å². The molecule has 20 heavy (non-hydrogen) atoms. The molecule has 1 amide bonds. The zero-order valence-corrected chi connectivity index (χ0v) is 12.5. The molecule has 5 heteroatoms.